The minimum atomic E-state index is -0.378. The van der Waals surface area contributed by atoms with Crippen molar-refractivity contribution in [1.29, 1.82) is 0 Å². The molecular formula is C11H10ClFN4. The zero-order chi connectivity index (χ0) is 12.4. The Morgan fingerprint density at radius 3 is 2.94 bits per heavy atom. The minimum Gasteiger partial charge on any atom is -0.368 e. The van der Waals surface area contributed by atoms with E-state index < -0.39 is 0 Å². The lowest BCUT2D eigenvalue weighted by Crippen LogP contribution is -2.02. The Morgan fingerprint density at radius 1 is 1.41 bits per heavy atom. The summed E-state index contributed by atoms with van der Waals surface area (Å²) in [5.41, 5.74) is 6.71. The monoisotopic (exact) mass is 252 g/mol. The second-order valence-corrected chi connectivity index (χ2v) is 3.92. The van der Waals surface area contributed by atoms with Crippen LogP contribution in [-0.2, 0) is 0 Å². The highest BCUT2D eigenvalue weighted by Crippen LogP contribution is 2.26. The van der Waals surface area contributed by atoms with E-state index >= 15 is 0 Å². The third kappa shape index (κ3) is 2.62. The molecule has 0 aliphatic carbocycles. The number of nitrogens with zero attached hydrogens (tertiary/aromatic N) is 2. The van der Waals surface area contributed by atoms with E-state index in [1.165, 1.54) is 18.2 Å². The van der Waals surface area contributed by atoms with Crippen LogP contribution in [0, 0.1) is 12.7 Å². The maximum atomic E-state index is 13.1. The quantitative estimate of drug-likeness (QED) is 0.863. The molecule has 0 bridgehead atoms. The van der Waals surface area contributed by atoms with Gasteiger partial charge in [-0.15, -0.1) is 0 Å². The molecule has 0 amide bonds. The first-order valence-electron chi connectivity index (χ1n) is 4.87. The molecule has 0 unspecified atom stereocenters. The van der Waals surface area contributed by atoms with E-state index in [9.17, 15) is 4.39 Å². The van der Waals surface area contributed by atoms with Crippen molar-refractivity contribution in [3.63, 3.8) is 0 Å². The first kappa shape index (κ1) is 11.6. The number of nitrogens with one attached hydrogen (secondary N) is 1. The van der Waals surface area contributed by atoms with Crippen molar-refractivity contribution < 1.29 is 4.39 Å². The van der Waals surface area contributed by atoms with Crippen molar-refractivity contribution in [2.45, 2.75) is 6.92 Å². The van der Waals surface area contributed by atoms with Crippen LogP contribution in [-0.4, -0.2) is 9.97 Å². The van der Waals surface area contributed by atoms with Crippen LogP contribution < -0.4 is 11.1 Å². The van der Waals surface area contributed by atoms with Crippen LogP contribution in [0.25, 0.3) is 0 Å². The van der Waals surface area contributed by atoms with Gasteiger partial charge in [0.15, 0.2) is 0 Å². The molecule has 88 valence electrons. The standard InChI is InChI=1S/C11H10ClFN4/c1-6-5-15-11(14)17-10(6)16-9-4-7(13)2-3-8(9)12/h2-5H,1H3,(H3,14,15,16,17). The van der Waals surface area contributed by atoms with Gasteiger partial charge in [0.2, 0.25) is 5.95 Å². The molecular weight excluding hydrogens is 243 g/mol. The van der Waals surface area contributed by atoms with Gasteiger partial charge in [0.1, 0.15) is 11.6 Å². The maximum absolute atomic E-state index is 13.1. The van der Waals surface area contributed by atoms with E-state index in [4.69, 9.17) is 17.3 Å². The van der Waals surface area contributed by atoms with Crippen LogP contribution in [0.15, 0.2) is 24.4 Å². The lowest BCUT2D eigenvalue weighted by Gasteiger charge is -2.10. The molecule has 0 fully saturated rings. The first-order valence-corrected chi connectivity index (χ1v) is 5.25. The summed E-state index contributed by atoms with van der Waals surface area (Å²) in [7, 11) is 0. The van der Waals surface area contributed by atoms with Gasteiger partial charge in [-0.1, -0.05) is 11.6 Å². The van der Waals surface area contributed by atoms with Gasteiger partial charge in [-0.3, -0.25) is 0 Å². The zero-order valence-corrected chi connectivity index (χ0v) is 9.79. The predicted molar refractivity (Wildman–Crippen MR) is 65.9 cm³/mol. The number of aromatic nitrogens is 2. The number of halogens is 2. The van der Waals surface area contributed by atoms with E-state index in [0.717, 1.165) is 5.56 Å². The van der Waals surface area contributed by atoms with Crippen LogP contribution in [0.3, 0.4) is 0 Å². The summed E-state index contributed by atoms with van der Waals surface area (Å²) < 4.78 is 13.1. The largest absolute Gasteiger partial charge is 0.368 e. The minimum absolute atomic E-state index is 0.144. The van der Waals surface area contributed by atoms with Crippen LogP contribution in [0.4, 0.5) is 21.8 Å². The second-order valence-electron chi connectivity index (χ2n) is 3.51. The van der Waals surface area contributed by atoms with Gasteiger partial charge in [-0.25, -0.2) is 9.37 Å². The average Bonchev–Trinajstić information content (AvgIpc) is 2.28. The Labute approximate surface area is 103 Å². The third-order valence-electron chi connectivity index (χ3n) is 2.17. The van der Waals surface area contributed by atoms with Gasteiger partial charge in [-0.05, 0) is 25.1 Å². The lowest BCUT2D eigenvalue weighted by atomic mass is 10.3. The molecule has 1 aromatic carbocycles. The Morgan fingerprint density at radius 2 is 2.18 bits per heavy atom. The highest BCUT2D eigenvalue weighted by molar-refractivity contribution is 6.33. The van der Waals surface area contributed by atoms with E-state index in [1.807, 2.05) is 6.92 Å². The fourth-order valence-electron chi connectivity index (χ4n) is 1.30. The van der Waals surface area contributed by atoms with Crippen molar-refractivity contribution in [2.75, 3.05) is 11.1 Å². The number of aryl methyl sites for hydroxylation is 1. The van der Waals surface area contributed by atoms with Crippen LogP contribution in [0.5, 0.6) is 0 Å². The van der Waals surface area contributed by atoms with Gasteiger partial charge in [0, 0.05) is 11.8 Å². The summed E-state index contributed by atoms with van der Waals surface area (Å²) in [5.74, 6) is 0.271. The number of rotatable bonds is 2. The summed E-state index contributed by atoms with van der Waals surface area (Å²) in [6.45, 7) is 1.81. The zero-order valence-electron chi connectivity index (χ0n) is 9.04. The predicted octanol–water partition coefficient (Wildman–Crippen LogP) is 2.90. The van der Waals surface area contributed by atoms with Gasteiger partial charge in [0.25, 0.3) is 0 Å². The number of nitrogen functional groups attached to an aromatic ring is 1. The molecule has 1 aromatic heterocycles. The van der Waals surface area contributed by atoms with Crippen LogP contribution >= 0.6 is 11.6 Å². The molecule has 0 spiro atoms. The van der Waals surface area contributed by atoms with Gasteiger partial charge < -0.3 is 11.1 Å². The fraction of sp³-hybridized carbons (Fsp3) is 0.0909. The van der Waals surface area contributed by atoms with E-state index in [1.54, 1.807) is 6.20 Å². The normalized spacial score (nSPS) is 10.3. The van der Waals surface area contributed by atoms with Gasteiger partial charge in [0.05, 0.1) is 10.7 Å². The molecule has 2 rings (SSSR count). The number of benzene rings is 1. The summed E-state index contributed by atoms with van der Waals surface area (Å²) in [4.78, 5) is 7.85. The average molecular weight is 253 g/mol. The fourth-order valence-corrected chi connectivity index (χ4v) is 1.47. The summed E-state index contributed by atoms with van der Waals surface area (Å²) in [6, 6.07) is 4.05. The number of nitrogens with two attached hydrogens (primary N) is 1. The Bertz CT molecular complexity index is 510. The molecule has 0 saturated heterocycles. The number of hydrogen-bond acceptors (Lipinski definition) is 4. The van der Waals surface area contributed by atoms with Crippen molar-refractivity contribution in [2.24, 2.45) is 0 Å². The lowest BCUT2D eigenvalue weighted by molar-refractivity contribution is 0.628. The molecule has 17 heavy (non-hydrogen) atoms. The van der Waals surface area contributed by atoms with Gasteiger partial charge >= 0.3 is 0 Å². The second kappa shape index (κ2) is 4.55. The molecule has 0 saturated carbocycles. The van der Waals surface area contributed by atoms with Crippen LogP contribution in [0.2, 0.25) is 5.02 Å². The van der Waals surface area contributed by atoms with Crippen molar-refractivity contribution in [1.82, 2.24) is 9.97 Å². The van der Waals surface area contributed by atoms with E-state index in [2.05, 4.69) is 15.3 Å². The maximum Gasteiger partial charge on any atom is 0.221 e. The van der Waals surface area contributed by atoms with Crippen LogP contribution in [0.1, 0.15) is 5.56 Å². The number of hydrogen-bond donors (Lipinski definition) is 2. The van der Waals surface area contributed by atoms with Crippen molar-refractivity contribution in [3.05, 3.63) is 40.8 Å². The Hall–Kier alpha value is -1.88. The molecule has 0 atom stereocenters. The molecule has 6 heteroatoms. The summed E-state index contributed by atoms with van der Waals surface area (Å²) in [5, 5.41) is 3.32. The molecule has 2 aromatic rings. The molecule has 0 aliphatic rings. The smallest absolute Gasteiger partial charge is 0.221 e. The molecule has 4 nitrogen and oxygen atoms in total. The molecule has 3 N–H and O–H groups in total. The number of anilines is 3. The van der Waals surface area contributed by atoms with Crippen molar-refractivity contribution >= 4 is 29.1 Å². The molecule has 0 radical (unpaired) electrons. The highest BCUT2D eigenvalue weighted by Gasteiger charge is 2.06. The van der Waals surface area contributed by atoms with Crippen molar-refractivity contribution in [3.8, 4) is 0 Å². The Kier molecular flexibility index (Phi) is 3.10. The Balaban J connectivity index is 2.37. The topological polar surface area (TPSA) is 63.8 Å². The molecule has 0 aliphatic heterocycles. The van der Waals surface area contributed by atoms with E-state index in [0.29, 0.717) is 16.5 Å². The first-order chi connectivity index (χ1) is 8.06. The molecule has 1 heterocycles. The summed E-state index contributed by atoms with van der Waals surface area (Å²) >= 11 is 5.93. The SMILES string of the molecule is Cc1cnc(N)nc1Nc1cc(F)ccc1Cl. The highest BCUT2D eigenvalue weighted by atomic mass is 35.5. The third-order valence-corrected chi connectivity index (χ3v) is 2.50. The van der Waals surface area contributed by atoms with E-state index in [-0.39, 0.29) is 11.8 Å². The summed E-state index contributed by atoms with van der Waals surface area (Å²) in [6.07, 6.45) is 1.58. The van der Waals surface area contributed by atoms with Gasteiger partial charge in [-0.2, -0.15) is 4.98 Å².